The molecule has 2 N–H and O–H groups in total. The molecule has 5 nitrogen and oxygen atoms in total. The van der Waals surface area contributed by atoms with Gasteiger partial charge in [-0.05, 0) is 41.8 Å². The number of thioether (sulfide) groups is 1. The van der Waals surface area contributed by atoms with Crippen molar-refractivity contribution in [2.24, 2.45) is 0 Å². The SMILES string of the molecule is C[C@@H](c1ccccc1)C(C)(NS(=O)(=O)C1=CC=C(c2ccc(Cl)cc2)CS1)C(=O)O. The fourth-order valence-electron chi connectivity index (χ4n) is 3.15. The van der Waals surface area contributed by atoms with Gasteiger partial charge in [-0.2, -0.15) is 4.72 Å². The molecule has 8 heteroatoms. The Kier molecular flexibility index (Phi) is 6.77. The van der Waals surface area contributed by atoms with E-state index in [9.17, 15) is 18.3 Å². The standard InChI is InChI=1S/C22H22ClNO4S2/c1-15(16-6-4-3-5-7-16)22(2,21(25)26)24-30(27,28)20-13-10-18(14-29-20)17-8-11-19(23)12-9-17/h3-13,15,24H,14H2,1-2H3,(H,25,26)/t15-,22?/m0/s1. The number of sulfonamides is 1. The van der Waals surface area contributed by atoms with Crippen LogP contribution in [-0.2, 0) is 14.8 Å². The molecule has 3 rings (SSSR count). The van der Waals surface area contributed by atoms with E-state index in [2.05, 4.69) is 4.72 Å². The van der Waals surface area contributed by atoms with Gasteiger partial charge in [-0.3, -0.25) is 4.79 Å². The van der Waals surface area contributed by atoms with Crippen molar-refractivity contribution in [2.45, 2.75) is 25.3 Å². The number of benzene rings is 2. The van der Waals surface area contributed by atoms with Crippen LogP contribution in [0.2, 0.25) is 5.02 Å². The van der Waals surface area contributed by atoms with Crippen molar-refractivity contribution >= 4 is 44.9 Å². The zero-order valence-electron chi connectivity index (χ0n) is 16.5. The molecule has 1 heterocycles. The minimum absolute atomic E-state index is 0.0907. The normalized spacial score (nSPS) is 17.4. The third-order valence-electron chi connectivity index (χ3n) is 5.23. The molecule has 2 atom stereocenters. The molecule has 1 aliphatic rings. The Bertz CT molecular complexity index is 1100. The number of rotatable bonds is 7. The monoisotopic (exact) mass is 463 g/mol. The number of hydrogen-bond acceptors (Lipinski definition) is 4. The second kappa shape index (κ2) is 8.98. The lowest BCUT2D eigenvalue weighted by atomic mass is 9.83. The smallest absolute Gasteiger partial charge is 0.325 e. The predicted molar refractivity (Wildman–Crippen MR) is 123 cm³/mol. The van der Waals surface area contributed by atoms with E-state index in [0.717, 1.165) is 28.5 Å². The topological polar surface area (TPSA) is 83.5 Å². The fraction of sp³-hybridized carbons (Fsp3) is 0.227. The molecule has 0 spiro atoms. The minimum atomic E-state index is -4.02. The zero-order valence-corrected chi connectivity index (χ0v) is 18.9. The highest BCUT2D eigenvalue weighted by atomic mass is 35.5. The van der Waals surface area contributed by atoms with Gasteiger partial charge in [-0.25, -0.2) is 8.42 Å². The first-order chi connectivity index (χ1) is 14.1. The number of halogens is 1. The van der Waals surface area contributed by atoms with Crippen LogP contribution in [0.4, 0.5) is 0 Å². The van der Waals surface area contributed by atoms with E-state index in [0.29, 0.717) is 10.8 Å². The summed E-state index contributed by atoms with van der Waals surface area (Å²) in [6, 6.07) is 16.3. The van der Waals surface area contributed by atoms with E-state index >= 15 is 0 Å². The van der Waals surface area contributed by atoms with Crippen LogP contribution in [0.25, 0.3) is 5.57 Å². The second-order valence-electron chi connectivity index (χ2n) is 7.22. The van der Waals surface area contributed by atoms with E-state index in [-0.39, 0.29) is 4.24 Å². The molecule has 0 amide bonds. The van der Waals surface area contributed by atoms with Gasteiger partial charge in [0.2, 0.25) is 10.0 Å². The molecule has 1 unspecified atom stereocenters. The molecule has 0 aromatic heterocycles. The average Bonchev–Trinajstić information content (AvgIpc) is 2.74. The van der Waals surface area contributed by atoms with Crippen LogP contribution in [0.3, 0.4) is 0 Å². The van der Waals surface area contributed by atoms with Crippen molar-refractivity contribution < 1.29 is 18.3 Å². The Morgan fingerprint density at radius 1 is 1.13 bits per heavy atom. The Morgan fingerprint density at radius 3 is 2.30 bits per heavy atom. The zero-order chi connectivity index (χ0) is 21.9. The number of allylic oxidation sites excluding steroid dienone is 2. The third kappa shape index (κ3) is 4.81. The van der Waals surface area contributed by atoms with E-state index in [1.165, 1.54) is 13.0 Å². The van der Waals surface area contributed by atoms with E-state index in [1.807, 2.05) is 18.2 Å². The summed E-state index contributed by atoms with van der Waals surface area (Å²) in [4.78, 5) is 12.1. The summed E-state index contributed by atoms with van der Waals surface area (Å²) < 4.78 is 28.6. The van der Waals surface area contributed by atoms with Crippen LogP contribution >= 0.6 is 23.4 Å². The molecule has 0 saturated carbocycles. The number of carboxylic acid groups (broad SMARTS) is 1. The van der Waals surface area contributed by atoms with Crippen LogP contribution in [0.15, 0.2) is 71.0 Å². The predicted octanol–water partition coefficient (Wildman–Crippen LogP) is 4.88. The van der Waals surface area contributed by atoms with Crippen molar-refractivity contribution in [3.05, 3.63) is 87.1 Å². The molecule has 30 heavy (non-hydrogen) atoms. The molecule has 0 radical (unpaired) electrons. The van der Waals surface area contributed by atoms with Crippen LogP contribution in [0.1, 0.15) is 30.9 Å². The summed E-state index contributed by atoms with van der Waals surface area (Å²) in [6.07, 6.45) is 3.25. The summed E-state index contributed by atoms with van der Waals surface area (Å²) in [6.45, 7) is 3.10. The van der Waals surface area contributed by atoms with Gasteiger partial charge < -0.3 is 5.11 Å². The molecule has 2 aromatic carbocycles. The van der Waals surface area contributed by atoms with Gasteiger partial charge in [0.25, 0.3) is 0 Å². The molecule has 0 bridgehead atoms. The van der Waals surface area contributed by atoms with Crippen molar-refractivity contribution in [2.75, 3.05) is 5.75 Å². The lowest BCUT2D eigenvalue weighted by molar-refractivity contribution is -0.144. The van der Waals surface area contributed by atoms with E-state index in [1.54, 1.807) is 49.4 Å². The first kappa shape index (κ1) is 22.6. The minimum Gasteiger partial charge on any atom is -0.480 e. The Morgan fingerprint density at radius 2 is 1.77 bits per heavy atom. The van der Waals surface area contributed by atoms with Gasteiger partial charge in [0.05, 0.1) is 0 Å². The highest BCUT2D eigenvalue weighted by molar-refractivity contribution is 8.18. The van der Waals surface area contributed by atoms with Gasteiger partial charge >= 0.3 is 5.97 Å². The molecule has 0 saturated heterocycles. The van der Waals surface area contributed by atoms with Gasteiger partial charge in [0.1, 0.15) is 9.78 Å². The van der Waals surface area contributed by atoms with Crippen molar-refractivity contribution in [1.29, 1.82) is 0 Å². The first-order valence-corrected chi connectivity index (χ1v) is 12.1. The highest BCUT2D eigenvalue weighted by Crippen LogP contribution is 2.35. The molecular weight excluding hydrogens is 442 g/mol. The molecule has 0 fully saturated rings. The quantitative estimate of drug-likeness (QED) is 0.611. The van der Waals surface area contributed by atoms with Gasteiger partial charge in [0.15, 0.2) is 0 Å². The lowest BCUT2D eigenvalue weighted by Crippen LogP contribution is -2.55. The number of carboxylic acids is 1. The maximum atomic E-state index is 13.0. The maximum Gasteiger partial charge on any atom is 0.325 e. The maximum absolute atomic E-state index is 13.0. The van der Waals surface area contributed by atoms with Gasteiger partial charge in [-0.15, -0.1) is 11.8 Å². The van der Waals surface area contributed by atoms with Crippen LogP contribution in [-0.4, -0.2) is 30.8 Å². The van der Waals surface area contributed by atoms with Crippen LogP contribution in [0, 0.1) is 0 Å². The summed E-state index contributed by atoms with van der Waals surface area (Å²) in [5, 5.41) is 10.5. The van der Waals surface area contributed by atoms with Crippen molar-refractivity contribution in [3.8, 4) is 0 Å². The number of hydrogen-bond donors (Lipinski definition) is 2. The van der Waals surface area contributed by atoms with Crippen molar-refractivity contribution in [1.82, 2.24) is 4.72 Å². The largest absolute Gasteiger partial charge is 0.480 e. The average molecular weight is 464 g/mol. The number of nitrogens with one attached hydrogen (secondary N) is 1. The molecule has 158 valence electrons. The van der Waals surface area contributed by atoms with Crippen LogP contribution < -0.4 is 4.72 Å². The molecule has 0 aliphatic carbocycles. The summed E-state index contributed by atoms with van der Waals surface area (Å²) >= 11 is 7.07. The fourth-order valence-corrected chi connectivity index (χ4v) is 6.09. The van der Waals surface area contributed by atoms with Crippen molar-refractivity contribution in [3.63, 3.8) is 0 Å². The second-order valence-corrected chi connectivity index (χ2v) is 10.6. The third-order valence-corrected chi connectivity index (χ3v) is 8.72. The number of aliphatic carboxylic acids is 1. The highest BCUT2D eigenvalue weighted by Gasteiger charge is 2.44. The van der Waals surface area contributed by atoms with E-state index in [4.69, 9.17) is 11.6 Å². The Hall–Kier alpha value is -2.06. The lowest BCUT2D eigenvalue weighted by Gasteiger charge is -2.33. The number of carbonyl (C=O) groups is 1. The van der Waals surface area contributed by atoms with Gasteiger partial charge in [-0.1, -0.05) is 67.1 Å². The molecular formula is C22H22ClNO4S2. The van der Waals surface area contributed by atoms with Gasteiger partial charge in [0, 0.05) is 16.7 Å². The van der Waals surface area contributed by atoms with E-state index < -0.39 is 27.4 Å². The first-order valence-electron chi connectivity index (χ1n) is 9.25. The summed E-state index contributed by atoms with van der Waals surface area (Å²) in [5.74, 6) is -1.37. The molecule has 2 aromatic rings. The van der Waals surface area contributed by atoms with Crippen LogP contribution in [0.5, 0.6) is 0 Å². The Balaban J connectivity index is 1.87. The summed E-state index contributed by atoms with van der Waals surface area (Å²) in [7, 11) is -4.02. The molecule has 1 aliphatic heterocycles. The Labute approximate surface area is 185 Å². The summed E-state index contributed by atoms with van der Waals surface area (Å²) in [5.41, 5.74) is 0.956.